The van der Waals surface area contributed by atoms with Crippen LogP contribution in [0.25, 0.3) is 0 Å². The lowest BCUT2D eigenvalue weighted by atomic mass is 10.0. The highest BCUT2D eigenvalue weighted by molar-refractivity contribution is 5.66. The molecule has 0 atom stereocenters. The van der Waals surface area contributed by atoms with E-state index in [1.807, 2.05) is 6.08 Å². The van der Waals surface area contributed by atoms with Crippen molar-refractivity contribution in [2.75, 3.05) is 0 Å². The van der Waals surface area contributed by atoms with Crippen molar-refractivity contribution in [2.45, 2.75) is 110 Å². The maximum absolute atomic E-state index is 10.5. The van der Waals surface area contributed by atoms with E-state index in [4.69, 9.17) is 4.74 Å². The zero-order valence-electron chi connectivity index (χ0n) is 15.1. The molecular formula is C20H38O2. The van der Waals surface area contributed by atoms with E-state index in [9.17, 15) is 4.79 Å². The van der Waals surface area contributed by atoms with Gasteiger partial charge in [0, 0.05) is 6.92 Å². The Morgan fingerprint density at radius 3 is 1.55 bits per heavy atom. The minimum atomic E-state index is -0.239. The number of unbranched alkanes of at least 4 members (excludes halogenated alkanes) is 14. The predicted octanol–water partition coefficient (Wildman–Crippen LogP) is 6.93. The Labute approximate surface area is 138 Å². The van der Waals surface area contributed by atoms with Gasteiger partial charge < -0.3 is 4.74 Å². The van der Waals surface area contributed by atoms with E-state index < -0.39 is 0 Å². The highest BCUT2D eigenvalue weighted by atomic mass is 16.5. The summed E-state index contributed by atoms with van der Waals surface area (Å²) < 4.78 is 4.74. The van der Waals surface area contributed by atoms with Crippen molar-refractivity contribution in [2.24, 2.45) is 0 Å². The van der Waals surface area contributed by atoms with Crippen LogP contribution in [0, 0.1) is 0 Å². The maximum Gasteiger partial charge on any atom is 0.307 e. The van der Waals surface area contributed by atoms with Crippen LogP contribution in [0.5, 0.6) is 0 Å². The fraction of sp³-hybridized carbons (Fsp3) is 0.850. The molecule has 0 bridgehead atoms. The Kier molecular flexibility index (Phi) is 17.6. The van der Waals surface area contributed by atoms with Crippen LogP contribution >= 0.6 is 0 Å². The molecule has 22 heavy (non-hydrogen) atoms. The summed E-state index contributed by atoms with van der Waals surface area (Å²) >= 11 is 0. The van der Waals surface area contributed by atoms with Crippen molar-refractivity contribution in [1.82, 2.24) is 0 Å². The summed E-state index contributed by atoms with van der Waals surface area (Å²) in [5.74, 6) is -0.239. The number of rotatable bonds is 16. The Morgan fingerprint density at radius 2 is 1.14 bits per heavy atom. The standard InChI is InChI=1S/C20H38O2/c1-3-4-5-6-7-8-9-10-11-12-13-14-15-16-17-18-19-22-20(2)21/h18-19H,3-17H2,1-2H3/b19-18+. The molecule has 0 fully saturated rings. The molecule has 0 aliphatic rings. The molecule has 130 valence electrons. The number of hydrogen-bond acceptors (Lipinski definition) is 2. The third kappa shape index (κ3) is 19.2. The van der Waals surface area contributed by atoms with Crippen LogP contribution in [-0.2, 0) is 9.53 Å². The Hall–Kier alpha value is -0.790. The number of hydrogen-bond donors (Lipinski definition) is 0. The molecule has 0 aromatic rings. The molecule has 0 unspecified atom stereocenters. The van der Waals surface area contributed by atoms with E-state index in [1.54, 1.807) is 0 Å². The zero-order chi connectivity index (χ0) is 16.3. The van der Waals surface area contributed by atoms with Crippen LogP contribution in [-0.4, -0.2) is 5.97 Å². The van der Waals surface area contributed by atoms with Crippen molar-refractivity contribution in [1.29, 1.82) is 0 Å². The van der Waals surface area contributed by atoms with Crippen molar-refractivity contribution in [3.63, 3.8) is 0 Å². The molecule has 0 aliphatic carbocycles. The van der Waals surface area contributed by atoms with E-state index in [1.165, 1.54) is 103 Å². The average molecular weight is 311 g/mol. The third-order valence-electron chi connectivity index (χ3n) is 4.05. The lowest BCUT2D eigenvalue weighted by molar-refractivity contribution is -0.135. The maximum atomic E-state index is 10.5. The molecule has 0 N–H and O–H groups in total. The first-order valence-corrected chi connectivity index (χ1v) is 9.59. The lowest BCUT2D eigenvalue weighted by Crippen LogP contribution is -1.89. The molecule has 0 aromatic carbocycles. The number of ether oxygens (including phenoxy) is 1. The van der Waals surface area contributed by atoms with Gasteiger partial charge in [0.15, 0.2) is 0 Å². The molecule has 0 radical (unpaired) electrons. The van der Waals surface area contributed by atoms with Gasteiger partial charge in [-0.15, -0.1) is 0 Å². The van der Waals surface area contributed by atoms with Crippen LogP contribution in [0.3, 0.4) is 0 Å². The van der Waals surface area contributed by atoms with Crippen LogP contribution < -0.4 is 0 Å². The van der Waals surface area contributed by atoms with Gasteiger partial charge in [0.25, 0.3) is 0 Å². The van der Waals surface area contributed by atoms with Gasteiger partial charge in [0.05, 0.1) is 6.26 Å². The van der Waals surface area contributed by atoms with Gasteiger partial charge in [-0.05, 0) is 18.9 Å². The summed E-state index contributed by atoms with van der Waals surface area (Å²) in [5.41, 5.74) is 0. The highest BCUT2D eigenvalue weighted by Gasteiger charge is 1.93. The quantitative estimate of drug-likeness (QED) is 0.175. The second kappa shape index (κ2) is 18.3. The molecule has 0 amide bonds. The molecule has 0 saturated heterocycles. The second-order valence-electron chi connectivity index (χ2n) is 6.37. The zero-order valence-corrected chi connectivity index (χ0v) is 15.1. The van der Waals surface area contributed by atoms with Gasteiger partial charge in [-0.25, -0.2) is 0 Å². The number of esters is 1. The van der Waals surface area contributed by atoms with Crippen molar-refractivity contribution in [3.8, 4) is 0 Å². The molecule has 0 aliphatic heterocycles. The van der Waals surface area contributed by atoms with E-state index >= 15 is 0 Å². The minimum Gasteiger partial charge on any atom is -0.435 e. The molecule has 0 spiro atoms. The average Bonchev–Trinajstić information content (AvgIpc) is 2.50. The van der Waals surface area contributed by atoms with Crippen LogP contribution in [0.2, 0.25) is 0 Å². The van der Waals surface area contributed by atoms with Gasteiger partial charge in [0.2, 0.25) is 0 Å². The fourth-order valence-electron chi connectivity index (χ4n) is 2.67. The van der Waals surface area contributed by atoms with Crippen molar-refractivity contribution in [3.05, 3.63) is 12.3 Å². The van der Waals surface area contributed by atoms with Gasteiger partial charge in [-0.3, -0.25) is 4.79 Å². The van der Waals surface area contributed by atoms with Crippen LogP contribution in [0.4, 0.5) is 0 Å². The Balaban J connectivity index is 3.02. The number of carbonyl (C=O) groups excluding carboxylic acids is 1. The summed E-state index contributed by atoms with van der Waals surface area (Å²) in [6, 6.07) is 0. The molecule has 0 aromatic heterocycles. The van der Waals surface area contributed by atoms with E-state index in [-0.39, 0.29) is 5.97 Å². The molecule has 0 saturated carbocycles. The first-order valence-electron chi connectivity index (χ1n) is 9.59. The van der Waals surface area contributed by atoms with E-state index in [0.717, 1.165) is 6.42 Å². The fourth-order valence-corrected chi connectivity index (χ4v) is 2.67. The van der Waals surface area contributed by atoms with Crippen LogP contribution in [0.1, 0.15) is 110 Å². The van der Waals surface area contributed by atoms with Gasteiger partial charge in [-0.2, -0.15) is 0 Å². The van der Waals surface area contributed by atoms with Crippen LogP contribution in [0.15, 0.2) is 12.3 Å². The lowest BCUT2D eigenvalue weighted by Gasteiger charge is -2.02. The summed E-state index contributed by atoms with van der Waals surface area (Å²) in [6.45, 7) is 3.70. The third-order valence-corrected chi connectivity index (χ3v) is 4.05. The highest BCUT2D eigenvalue weighted by Crippen LogP contribution is 2.13. The van der Waals surface area contributed by atoms with E-state index in [2.05, 4.69) is 6.92 Å². The molecule has 2 heteroatoms. The van der Waals surface area contributed by atoms with Gasteiger partial charge >= 0.3 is 5.97 Å². The Bertz CT molecular complexity index is 258. The van der Waals surface area contributed by atoms with Gasteiger partial charge in [-0.1, -0.05) is 90.4 Å². The monoisotopic (exact) mass is 310 g/mol. The molecule has 0 rings (SSSR count). The van der Waals surface area contributed by atoms with Gasteiger partial charge in [0.1, 0.15) is 0 Å². The molecule has 0 heterocycles. The first-order chi connectivity index (χ1) is 10.8. The summed E-state index contributed by atoms with van der Waals surface area (Å²) in [4.78, 5) is 10.5. The predicted molar refractivity (Wildman–Crippen MR) is 95.8 cm³/mol. The second-order valence-corrected chi connectivity index (χ2v) is 6.37. The van der Waals surface area contributed by atoms with Crippen molar-refractivity contribution >= 4 is 5.97 Å². The summed E-state index contributed by atoms with van der Waals surface area (Å²) in [6.07, 6.45) is 23.9. The first kappa shape index (κ1) is 21.2. The van der Waals surface area contributed by atoms with E-state index in [0.29, 0.717) is 0 Å². The smallest absolute Gasteiger partial charge is 0.307 e. The number of carbonyl (C=O) groups is 1. The molecular weight excluding hydrogens is 272 g/mol. The summed E-state index contributed by atoms with van der Waals surface area (Å²) in [5, 5.41) is 0. The number of allylic oxidation sites excluding steroid dienone is 1. The summed E-state index contributed by atoms with van der Waals surface area (Å²) in [7, 11) is 0. The van der Waals surface area contributed by atoms with Crippen molar-refractivity contribution < 1.29 is 9.53 Å². The molecule has 2 nitrogen and oxygen atoms in total. The SMILES string of the molecule is CCCCCCCCCCCCCCCC/C=C/OC(C)=O. The normalized spacial score (nSPS) is 11.2. The largest absolute Gasteiger partial charge is 0.435 e. The topological polar surface area (TPSA) is 26.3 Å². The Morgan fingerprint density at radius 1 is 0.727 bits per heavy atom. The minimum absolute atomic E-state index is 0.239.